The van der Waals surface area contributed by atoms with Gasteiger partial charge < -0.3 is 5.32 Å². The van der Waals surface area contributed by atoms with Gasteiger partial charge in [-0.15, -0.1) is 0 Å². The van der Waals surface area contributed by atoms with E-state index in [-0.39, 0.29) is 0 Å². The normalized spacial score (nSPS) is 24.5. The van der Waals surface area contributed by atoms with E-state index in [0.717, 1.165) is 25.3 Å². The third-order valence-electron chi connectivity index (χ3n) is 4.42. The van der Waals surface area contributed by atoms with E-state index in [1.54, 1.807) is 4.31 Å². The van der Waals surface area contributed by atoms with Gasteiger partial charge in [0.15, 0.2) is 0 Å². The van der Waals surface area contributed by atoms with E-state index < -0.39 is 10.2 Å². The van der Waals surface area contributed by atoms with Gasteiger partial charge in [0, 0.05) is 26.2 Å². The Balaban J connectivity index is 1.95. The first-order valence-corrected chi connectivity index (χ1v) is 8.85. The van der Waals surface area contributed by atoms with Crippen LogP contribution in [0.4, 0.5) is 0 Å². The van der Waals surface area contributed by atoms with E-state index in [0.29, 0.717) is 25.0 Å². The highest BCUT2D eigenvalue weighted by molar-refractivity contribution is 7.87. The standard InChI is InChI=1S/C13H27N3O2S/c1-3-15-19(17,18)16-8-6-13(7-9-16,11-14-2)10-12-4-5-12/h12,14-15H,3-11H2,1-2H3. The van der Waals surface area contributed by atoms with E-state index in [1.807, 2.05) is 14.0 Å². The van der Waals surface area contributed by atoms with Crippen molar-refractivity contribution in [1.29, 1.82) is 0 Å². The summed E-state index contributed by atoms with van der Waals surface area (Å²) in [6.07, 6.45) is 5.96. The molecule has 0 amide bonds. The smallest absolute Gasteiger partial charge is 0.279 e. The first-order valence-electron chi connectivity index (χ1n) is 7.41. The fourth-order valence-electron chi connectivity index (χ4n) is 3.24. The molecule has 2 N–H and O–H groups in total. The lowest BCUT2D eigenvalue weighted by molar-refractivity contribution is 0.132. The Bertz CT molecular complexity index is 385. The van der Waals surface area contributed by atoms with Crippen LogP contribution in [0.15, 0.2) is 0 Å². The third-order valence-corrected chi connectivity index (χ3v) is 6.12. The molecule has 5 nitrogen and oxygen atoms in total. The van der Waals surface area contributed by atoms with E-state index in [1.165, 1.54) is 19.3 Å². The molecule has 2 rings (SSSR count). The second-order valence-corrected chi connectivity index (χ2v) is 7.84. The first-order chi connectivity index (χ1) is 9.01. The highest BCUT2D eigenvalue weighted by Crippen LogP contribution is 2.45. The Kier molecular flexibility index (Phi) is 4.87. The number of rotatable bonds is 7. The summed E-state index contributed by atoms with van der Waals surface area (Å²) in [4.78, 5) is 0. The summed E-state index contributed by atoms with van der Waals surface area (Å²) in [6.45, 7) is 4.61. The van der Waals surface area contributed by atoms with Gasteiger partial charge in [-0.2, -0.15) is 12.7 Å². The Morgan fingerprint density at radius 1 is 1.26 bits per heavy atom. The molecule has 19 heavy (non-hydrogen) atoms. The molecule has 0 aromatic rings. The largest absolute Gasteiger partial charge is 0.319 e. The molecule has 1 saturated heterocycles. The van der Waals surface area contributed by atoms with Crippen LogP contribution in [-0.2, 0) is 10.2 Å². The molecule has 1 aliphatic carbocycles. The Hall–Kier alpha value is -0.170. The second-order valence-electron chi connectivity index (χ2n) is 6.08. The van der Waals surface area contributed by atoms with Crippen LogP contribution in [0, 0.1) is 11.3 Å². The number of hydrogen-bond donors (Lipinski definition) is 2. The second kappa shape index (κ2) is 6.08. The summed E-state index contributed by atoms with van der Waals surface area (Å²) in [5.74, 6) is 0.894. The lowest BCUT2D eigenvalue weighted by Gasteiger charge is -2.41. The van der Waals surface area contributed by atoms with Gasteiger partial charge >= 0.3 is 0 Å². The first kappa shape index (κ1) is 15.2. The SMILES string of the molecule is CCNS(=O)(=O)N1CCC(CNC)(CC2CC2)CC1. The van der Waals surface area contributed by atoms with Crippen LogP contribution >= 0.6 is 0 Å². The van der Waals surface area contributed by atoms with E-state index >= 15 is 0 Å². The summed E-state index contributed by atoms with van der Waals surface area (Å²) in [5, 5.41) is 3.31. The average Bonchev–Trinajstić information content (AvgIpc) is 3.13. The van der Waals surface area contributed by atoms with Crippen LogP contribution in [0.1, 0.15) is 39.0 Å². The van der Waals surface area contributed by atoms with E-state index in [4.69, 9.17) is 0 Å². The molecule has 0 aromatic heterocycles. The van der Waals surface area contributed by atoms with Crippen LogP contribution < -0.4 is 10.0 Å². The number of piperidine rings is 1. The fraction of sp³-hybridized carbons (Fsp3) is 1.00. The maximum absolute atomic E-state index is 12.0. The molecule has 2 fully saturated rings. The molecule has 0 unspecified atom stereocenters. The van der Waals surface area contributed by atoms with Crippen molar-refractivity contribution in [3.63, 3.8) is 0 Å². The maximum atomic E-state index is 12.0. The zero-order chi connectivity index (χ0) is 13.9. The van der Waals surface area contributed by atoms with Gasteiger partial charge in [-0.05, 0) is 37.6 Å². The van der Waals surface area contributed by atoms with Gasteiger partial charge in [0.1, 0.15) is 0 Å². The summed E-state index contributed by atoms with van der Waals surface area (Å²) in [6, 6.07) is 0. The van der Waals surface area contributed by atoms with Crippen LogP contribution in [0.2, 0.25) is 0 Å². The molecule has 0 atom stereocenters. The van der Waals surface area contributed by atoms with Gasteiger partial charge in [0.25, 0.3) is 10.2 Å². The monoisotopic (exact) mass is 289 g/mol. The number of hydrogen-bond acceptors (Lipinski definition) is 3. The molecule has 0 bridgehead atoms. The van der Waals surface area contributed by atoms with Crippen molar-refractivity contribution >= 4 is 10.2 Å². The molecule has 0 radical (unpaired) electrons. The van der Waals surface area contributed by atoms with Crippen molar-refractivity contribution in [1.82, 2.24) is 14.3 Å². The molecule has 6 heteroatoms. The third kappa shape index (κ3) is 3.90. The van der Waals surface area contributed by atoms with Crippen molar-refractivity contribution in [2.45, 2.75) is 39.0 Å². The lowest BCUT2D eigenvalue weighted by Crippen LogP contribution is -2.50. The lowest BCUT2D eigenvalue weighted by atomic mass is 9.74. The molecule has 112 valence electrons. The quantitative estimate of drug-likeness (QED) is 0.733. The van der Waals surface area contributed by atoms with Crippen molar-refractivity contribution in [3.8, 4) is 0 Å². The van der Waals surface area contributed by atoms with Crippen LogP contribution in [0.25, 0.3) is 0 Å². The van der Waals surface area contributed by atoms with Crippen LogP contribution in [0.3, 0.4) is 0 Å². The van der Waals surface area contributed by atoms with Gasteiger partial charge in [-0.1, -0.05) is 19.8 Å². The summed E-state index contributed by atoms with van der Waals surface area (Å²) in [7, 11) is -1.25. The minimum atomic E-state index is -3.25. The van der Waals surface area contributed by atoms with Crippen LogP contribution in [0.5, 0.6) is 0 Å². The zero-order valence-corrected chi connectivity index (χ0v) is 12.9. The molecule has 0 spiro atoms. The fourth-order valence-corrected chi connectivity index (χ4v) is 4.45. The van der Waals surface area contributed by atoms with Crippen molar-refractivity contribution in [3.05, 3.63) is 0 Å². The van der Waals surface area contributed by atoms with Crippen LogP contribution in [-0.4, -0.2) is 45.9 Å². The van der Waals surface area contributed by atoms with E-state index in [2.05, 4.69) is 10.0 Å². The van der Waals surface area contributed by atoms with Gasteiger partial charge in [0.2, 0.25) is 0 Å². The number of nitrogens with zero attached hydrogens (tertiary/aromatic N) is 1. The summed E-state index contributed by atoms with van der Waals surface area (Å²) < 4.78 is 28.2. The van der Waals surface area contributed by atoms with Crippen molar-refractivity contribution in [2.75, 3.05) is 33.2 Å². The summed E-state index contributed by atoms with van der Waals surface area (Å²) in [5.41, 5.74) is 0.314. The predicted molar refractivity (Wildman–Crippen MR) is 77.1 cm³/mol. The molecule has 1 saturated carbocycles. The van der Waals surface area contributed by atoms with E-state index in [9.17, 15) is 8.42 Å². The summed E-state index contributed by atoms with van der Waals surface area (Å²) >= 11 is 0. The molecular formula is C13H27N3O2S. The minimum absolute atomic E-state index is 0.314. The average molecular weight is 289 g/mol. The van der Waals surface area contributed by atoms with Crippen molar-refractivity contribution < 1.29 is 8.42 Å². The molecule has 1 aliphatic heterocycles. The Morgan fingerprint density at radius 2 is 1.89 bits per heavy atom. The molecule has 1 heterocycles. The number of nitrogens with one attached hydrogen (secondary N) is 2. The Morgan fingerprint density at radius 3 is 2.37 bits per heavy atom. The highest BCUT2D eigenvalue weighted by Gasteiger charge is 2.41. The van der Waals surface area contributed by atoms with Crippen molar-refractivity contribution in [2.24, 2.45) is 11.3 Å². The molecule has 0 aromatic carbocycles. The molecular weight excluding hydrogens is 262 g/mol. The zero-order valence-electron chi connectivity index (χ0n) is 12.1. The van der Waals surface area contributed by atoms with Gasteiger partial charge in [0.05, 0.1) is 0 Å². The Labute approximate surface area is 117 Å². The van der Waals surface area contributed by atoms with Gasteiger partial charge in [-0.25, -0.2) is 4.72 Å². The van der Waals surface area contributed by atoms with Gasteiger partial charge in [-0.3, -0.25) is 0 Å². The topological polar surface area (TPSA) is 61.4 Å². The predicted octanol–water partition coefficient (Wildman–Crippen LogP) is 0.942. The minimum Gasteiger partial charge on any atom is -0.319 e. The highest BCUT2D eigenvalue weighted by atomic mass is 32.2. The maximum Gasteiger partial charge on any atom is 0.279 e. The molecule has 2 aliphatic rings.